The van der Waals surface area contributed by atoms with Gasteiger partial charge in [0, 0.05) is 56.8 Å². The van der Waals surface area contributed by atoms with Gasteiger partial charge in [0.1, 0.15) is 0 Å². The molecular formula is C28H39Cl2N7O3. The molecule has 1 aromatic heterocycles. The maximum absolute atomic E-state index is 11.9. The molecule has 2 aromatic rings. The molecular weight excluding hydrogens is 553 g/mol. The van der Waals surface area contributed by atoms with Gasteiger partial charge in [0.2, 0.25) is 5.91 Å². The molecule has 10 nitrogen and oxygen atoms in total. The molecule has 12 heteroatoms. The summed E-state index contributed by atoms with van der Waals surface area (Å²) in [6.45, 7) is 9.70. The fourth-order valence-electron chi connectivity index (χ4n) is 5.78. The summed E-state index contributed by atoms with van der Waals surface area (Å²) in [6, 6.07) is 6.94. The Labute approximate surface area is 246 Å². The van der Waals surface area contributed by atoms with Crippen molar-refractivity contribution >= 4 is 46.7 Å². The number of hydrogen-bond acceptors (Lipinski definition) is 9. The first kappa shape index (κ1) is 30.3. The standard InChI is InChI=1S/C28H39Cl2N7O3/c1-4-22-17-36(27-25(30)33-24(26(31)34-27)28(39)40-3)13-14-37(22)23-8-11-35(12-9-23)16-20-5-6-21(29)15-19(20)7-10-32-18(2)38/h5-6,15,22-23H,4,7-14,16-17H2,1-3H3,(H2,31,34)(H,32,38)/t22-/m0/s1. The number of hydrogen-bond donors (Lipinski definition) is 2. The minimum absolute atomic E-state index is 0.0199. The number of halogens is 2. The summed E-state index contributed by atoms with van der Waals surface area (Å²) in [4.78, 5) is 39.1. The maximum atomic E-state index is 11.9. The number of esters is 1. The van der Waals surface area contributed by atoms with Gasteiger partial charge in [-0.3, -0.25) is 14.6 Å². The maximum Gasteiger partial charge on any atom is 0.360 e. The lowest BCUT2D eigenvalue weighted by atomic mass is 9.97. The minimum atomic E-state index is -0.654. The van der Waals surface area contributed by atoms with Gasteiger partial charge in [-0.1, -0.05) is 36.2 Å². The van der Waals surface area contributed by atoms with Crippen LogP contribution in [0.15, 0.2) is 18.2 Å². The van der Waals surface area contributed by atoms with Crippen LogP contribution in [0.1, 0.15) is 54.7 Å². The Balaban J connectivity index is 1.35. The summed E-state index contributed by atoms with van der Waals surface area (Å²) in [7, 11) is 1.27. The van der Waals surface area contributed by atoms with Gasteiger partial charge in [-0.05, 0) is 62.0 Å². The van der Waals surface area contributed by atoms with E-state index >= 15 is 0 Å². The summed E-state index contributed by atoms with van der Waals surface area (Å²) < 4.78 is 4.72. The van der Waals surface area contributed by atoms with Crippen LogP contribution in [-0.2, 0) is 22.5 Å². The van der Waals surface area contributed by atoms with E-state index in [1.807, 2.05) is 12.1 Å². The molecule has 3 N–H and O–H groups in total. The van der Waals surface area contributed by atoms with Gasteiger partial charge in [0.15, 0.2) is 22.5 Å². The zero-order valence-corrected chi connectivity index (χ0v) is 25.0. The Hall–Kier alpha value is -2.66. The van der Waals surface area contributed by atoms with Crippen molar-refractivity contribution in [3.63, 3.8) is 0 Å². The number of benzene rings is 1. The van der Waals surface area contributed by atoms with Crippen LogP contribution in [0.4, 0.5) is 11.6 Å². The van der Waals surface area contributed by atoms with E-state index < -0.39 is 5.97 Å². The number of piperazine rings is 1. The van der Waals surface area contributed by atoms with Crippen molar-refractivity contribution in [2.45, 2.75) is 58.2 Å². The molecule has 1 amide bonds. The SMILES string of the molecule is CC[C@H]1CN(c2nc(N)c(C(=O)OC)nc2Cl)CCN1C1CCN(Cc2ccc(Cl)cc2CCNC(C)=O)CC1. The molecule has 0 radical (unpaired) electrons. The van der Waals surface area contributed by atoms with Gasteiger partial charge in [-0.25, -0.2) is 14.8 Å². The molecule has 0 spiro atoms. The van der Waals surface area contributed by atoms with E-state index in [1.54, 1.807) is 0 Å². The number of piperidine rings is 1. The smallest absolute Gasteiger partial charge is 0.360 e. The predicted molar refractivity (Wildman–Crippen MR) is 158 cm³/mol. The topological polar surface area (TPSA) is 117 Å². The number of anilines is 2. The molecule has 2 saturated heterocycles. The van der Waals surface area contributed by atoms with Crippen LogP contribution in [0, 0.1) is 0 Å². The quantitative estimate of drug-likeness (QED) is 0.423. The van der Waals surface area contributed by atoms with Crippen molar-refractivity contribution in [2.24, 2.45) is 0 Å². The van der Waals surface area contributed by atoms with Crippen molar-refractivity contribution in [1.29, 1.82) is 0 Å². The number of carbonyl (C=O) groups excluding carboxylic acids is 2. The Morgan fingerprint density at radius 2 is 1.88 bits per heavy atom. The van der Waals surface area contributed by atoms with Crippen molar-refractivity contribution in [3.05, 3.63) is 45.2 Å². The van der Waals surface area contributed by atoms with Crippen LogP contribution in [0.5, 0.6) is 0 Å². The number of nitrogens with one attached hydrogen (secondary N) is 1. The van der Waals surface area contributed by atoms with E-state index in [-0.39, 0.29) is 22.6 Å². The predicted octanol–water partition coefficient (Wildman–Crippen LogP) is 3.40. The molecule has 218 valence electrons. The molecule has 2 aliphatic heterocycles. The highest BCUT2D eigenvalue weighted by Crippen LogP contribution is 2.30. The van der Waals surface area contributed by atoms with Crippen LogP contribution in [0.25, 0.3) is 0 Å². The second kappa shape index (κ2) is 13.8. The third-order valence-electron chi connectivity index (χ3n) is 7.90. The van der Waals surface area contributed by atoms with Gasteiger partial charge in [-0.15, -0.1) is 0 Å². The highest BCUT2D eigenvalue weighted by Gasteiger charge is 2.34. The highest BCUT2D eigenvalue weighted by atomic mass is 35.5. The zero-order chi connectivity index (χ0) is 28.8. The molecule has 0 bridgehead atoms. The number of rotatable bonds is 9. The number of amides is 1. The van der Waals surface area contributed by atoms with Crippen LogP contribution in [0.3, 0.4) is 0 Å². The number of carbonyl (C=O) groups is 2. The Morgan fingerprint density at radius 1 is 1.12 bits per heavy atom. The molecule has 2 fully saturated rings. The van der Waals surface area contributed by atoms with Crippen molar-refractivity contribution < 1.29 is 14.3 Å². The molecule has 0 aliphatic carbocycles. The van der Waals surface area contributed by atoms with Crippen molar-refractivity contribution in [3.8, 4) is 0 Å². The van der Waals surface area contributed by atoms with Crippen LogP contribution in [-0.4, -0.2) is 90.1 Å². The van der Waals surface area contributed by atoms with E-state index in [9.17, 15) is 9.59 Å². The molecule has 0 saturated carbocycles. The van der Waals surface area contributed by atoms with Gasteiger partial charge in [0.25, 0.3) is 0 Å². The van der Waals surface area contributed by atoms with Crippen LogP contribution >= 0.6 is 23.2 Å². The number of nitrogen functional groups attached to an aromatic ring is 1. The molecule has 3 heterocycles. The van der Waals surface area contributed by atoms with Gasteiger partial charge in [-0.2, -0.15) is 0 Å². The van der Waals surface area contributed by atoms with E-state index in [0.717, 1.165) is 70.0 Å². The van der Waals surface area contributed by atoms with E-state index in [1.165, 1.54) is 25.2 Å². The number of ether oxygens (including phenoxy) is 1. The fraction of sp³-hybridized carbons (Fsp3) is 0.571. The first-order chi connectivity index (χ1) is 19.2. The Bertz CT molecular complexity index is 1210. The normalized spacial score (nSPS) is 19.0. The highest BCUT2D eigenvalue weighted by molar-refractivity contribution is 6.32. The number of aromatic nitrogens is 2. The lowest BCUT2D eigenvalue weighted by molar-refractivity contribution is -0.118. The number of likely N-dealkylation sites (tertiary alicyclic amines) is 1. The first-order valence-corrected chi connectivity index (χ1v) is 14.6. The Kier molecular flexibility index (Phi) is 10.5. The Morgan fingerprint density at radius 3 is 2.55 bits per heavy atom. The van der Waals surface area contributed by atoms with Gasteiger partial charge in [0.05, 0.1) is 7.11 Å². The van der Waals surface area contributed by atoms with E-state index in [0.29, 0.717) is 24.4 Å². The van der Waals surface area contributed by atoms with Crippen molar-refractivity contribution in [1.82, 2.24) is 25.1 Å². The molecule has 4 rings (SSSR count). The summed E-state index contributed by atoms with van der Waals surface area (Å²) in [5.41, 5.74) is 8.40. The lowest BCUT2D eigenvalue weighted by Crippen LogP contribution is -2.58. The van der Waals surface area contributed by atoms with Gasteiger partial charge >= 0.3 is 5.97 Å². The molecule has 2 aliphatic rings. The monoisotopic (exact) mass is 591 g/mol. The molecule has 0 unspecified atom stereocenters. The van der Waals surface area contributed by atoms with Crippen LogP contribution < -0.4 is 16.0 Å². The molecule has 40 heavy (non-hydrogen) atoms. The third-order valence-corrected chi connectivity index (χ3v) is 8.39. The summed E-state index contributed by atoms with van der Waals surface area (Å²) in [5, 5.41) is 3.76. The molecule has 1 atom stereocenters. The summed E-state index contributed by atoms with van der Waals surface area (Å²) >= 11 is 12.7. The summed E-state index contributed by atoms with van der Waals surface area (Å²) in [5.74, 6) is -0.142. The number of methoxy groups -OCH3 is 1. The van der Waals surface area contributed by atoms with E-state index in [2.05, 4.69) is 43.0 Å². The van der Waals surface area contributed by atoms with E-state index in [4.69, 9.17) is 33.7 Å². The third kappa shape index (κ3) is 7.34. The lowest BCUT2D eigenvalue weighted by Gasteiger charge is -2.47. The van der Waals surface area contributed by atoms with Gasteiger partial charge < -0.3 is 20.7 Å². The number of nitrogens with zero attached hydrogens (tertiary/aromatic N) is 5. The zero-order valence-electron chi connectivity index (χ0n) is 23.5. The first-order valence-electron chi connectivity index (χ1n) is 13.9. The fourth-order valence-corrected chi connectivity index (χ4v) is 6.22. The van der Waals surface area contributed by atoms with Crippen LogP contribution in [0.2, 0.25) is 10.2 Å². The van der Waals surface area contributed by atoms with Crippen molar-refractivity contribution in [2.75, 3.05) is 57.0 Å². The second-order valence-electron chi connectivity index (χ2n) is 10.5. The largest absolute Gasteiger partial charge is 0.464 e. The number of nitrogens with two attached hydrogens (primary N) is 1. The molecule has 1 aromatic carbocycles. The average Bonchev–Trinajstić information content (AvgIpc) is 2.95. The second-order valence-corrected chi connectivity index (χ2v) is 11.3. The average molecular weight is 593 g/mol. The summed E-state index contributed by atoms with van der Waals surface area (Å²) in [6.07, 6.45) is 3.97. The minimum Gasteiger partial charge on any atom is -0.464 e.